The molecule has 1 amide bonds. The molecule has 0 saturated carbocycles. The fraction of sp³-hybridized carbons (Fsp3) is 0.281. The maximum Gasteiger partial charge on any atom is 0.281 e. The molecule has 11 heteroatoms. The van der Waals surface area contributed by atoms with Crippen LogP contribution in [0.25, 0.3) is 16.9 Å². The van der Waals surface area contributed by atoms with Crippen molar-refractivity contribution in [2.75, 3.05) is 34.0 Å². The number of benzene rings is 3. The highest BCUT2D eigenvalue weighted by atomic mass is 16.5. The number of hydrogen-bond acceptors (Lipinski definition) is 8. The van der Waals surface area contributed by atoms with Gasteiger partial charge >= 0.3 is 0 Å². The van der Waals surface area contributed by atoms with Crippen molar-refractivity contribution in [2.24, 2.45) is 5.10 Å². The molecular formula is C32H36N4O7. The molecule has 11 nitrogen and oxygen atoms in total. The zero-order chi connectivity index (χ0) is 30.9. The average Bonchev–Trinajstić information content (AvgIpc) is 3.38. The number of hydrogen-bond donors (Lipinski definition) is 2. The molecule has 1 heterocycles. The molecule has 226 valence electrons. The monoisotopic (exact) mass is 588 g/mol. The van der Waals surface area contributed by atoms with Crippen molar-refractivity contribution in [1.82, 2.24) is 15.2 Å². The third-order valence-electron chi connectivity index (χ3n) is 6.46. The zero-order valence-electron chi connectivity index (χ0n) is 25.1. The van der Waals surface area contributed by atoms with Crippen LogP contribution in [-0.4, -0.2) is 55.4 Å². The van der Waals surface area contributed by atoms with Gasteiger partial charge in [-0.2, -0.15) is 5.10 Å². The van der Waals surface area contributed by atoms with Crippen LogP contribution in [0.4, 0.5) is 0 Å². The number of nitrogens with one attached hydrogen (secondary N) is 2. The number of carbonyl (C=O) groups excluding carboxylic acids is 1. The van der Waals surface area contributed by atoms with Crippen molar-refractivity contribution in [3.05, 3.63) is 82.1 Å². The summed E-state index contributed by atoms with van der Waals surface area (Å²) in [4.78, 5) is 27.0. The van der Waals surface area contributed by atoms with Crippen LogP contribution in [0.15, 0.2) is 70.6 Å². The smallest absolute Gasteiger partial charge is 0.281 e. The second kappa shape index (κ2) is 14.1. The first-order valence-electron chi connectivity index (χ1n) is 13.9. The lowest BCUT2D eigenvalue weighted by Gasteiger charge is -2.16. The first-order chi connectivity index (χ1) is 20.8. The second-order valence-corrected chi connectivity index (χ2v) is 9.17. The number of rotatable bonds is 13. The Morgan fingerprint density at radius 2 is 1.37 bits per heavy atom. The number of amides is 1. The first-order valence-corrected chi connectivity index (χ1v) is 13.9. The van der Waals surface area contributed by atoms with Crippen molar-refractivity contribution in [1.29, 1.82) is 0 Å². The van der Waals surface area contributed by atoms with E-state index in [2.05, 4.69) is 15.6 Å². The van der Waals surface area contributed by atoms with Crippen LogP contribution in [0.5, 0.6) is 28.7 Å². The predicted octanol–water partition coefficient (Wildman–Crippen LogP) is 5.20. The summed E-state index contributed by atoms with van der Waals surface area (Å²) in [6, 6.07) is 17.5. The van der Waals surface area contributed by atoms with E-state index >= 15 is 0 Å². The summed E-state index contributed by atoms with van der Waals surface area (Å²) in [7, 11) is 3.16. The van der Waals surface area contributed by atoms with Gasteiger partial charge in [0.15, 0.2) is 11.5 Å². The Bertz CT molecular complexity index is 1610. The normalized spacial score (nSPS) is 11.2. The maximum atomic E-state index is 13.8. The van der Waals surface area contributed by atoms with Gasteiger partial charge in [-0.05, 0) is 88.4 Å². The number of methoxy groups -OCH3 is 2. The molecule has 0 atom stereocenters. The van der Waals surface area contributed by atoms with E-state index in [4.69, 9.17) is 23.7 Å². The molecule has 0 aliphatic heterocycles. The van der Waals surface area contributed by atoms with Crippen molar-refractivity contribution in [2.45, 2.75) is 27.7 Å². The van der Waals surface area contributed by atoms with Crippen LogP contribution < -0.4 is 34.7 Å². The molecule has 0 aliphatic rings. The third-order valence-corrected chi connectivity index (χ3v) is 6.46. The molecule has 0 radical (unpaired) electrons. The molecule has 0 fully saturated rings. The Balaban J connectivity index is 1.74. The molecule has 4 rings (SSSR count). The highest BCUT2D eigenvalue weighted by Gasteiger charge is 2.21. The van der Waals surface area contributed by atoms with Gasteiger partial charge in [0, 0.05) is 11.1 Å². The number of aromatic nitrogens is 2. The highest BCUT2D eigenvalue weighted by Crippen LogP contribution is 2.39. The van der Waals surface area contributed by atoms with Gasteiger partial charge in [-0.15, -0.1) is 0 Å². The van der Waals surface area contributed by atoms with Crippen LogP contribution in [0.1, 0.15) is 43.6 Å². The van der Waals surface area contributed by atoms with Crippen molar-refractivity contribution < 1.29 is 28.5 Å². The minimum atomic E-state index is -0.513. The number of hydrazone groups is 1. The lowest BCUT2D eigenvalue weighted by atomic mass is 10.1. The summed E-state index contributed by atoms with van der Waals surface area (Å²) < 4.78 is 29.2. The molecule has 1 aromatic heterocycles. The lowest BCUT2D eigenvalue weighted by molar-refractivity contribution is 0.0953. The average molecular weight is 589 g/mol. The van der Waals surface area contributed by atoms with Gasteiger partial charge in [-0.3, -0.25) is 14.7 Å². The van der Waals surface area contributed by atoms with E-state index in [1.54, 1.807) is 69.7 Å². The van der Waals surface area contributed by atoms with E-state index in [0.29, 0.717) is 65.7 Å². The molecule has 0 saturated heterocycles. The van der Waals surface area contributed by atoms with Gasteiger partial charge in [0.25, 0.3) is 11.5 Å². The number of aromatic amines is 1. The van der Waals surface area contributed by atoms with E-state index < -0.39 is 5.91 Å². The van der Waals surface area contributed by atoms with Crippen LogP contribution in [-0.2, 0) is 0 Å². The van der Waals surface area contributed by atoms with Gasteiger partial charge in [0.1, 0.15) is 11.5 Å². The highest BCUT2D eigenvalue weighted by molar-refractivity contribution is 6.05. The third kappa shape index (κ3) is 6.83. The topological polar surface area (TPSA) is 125 Å². The minimum Gasteiger partial charge on any atom is -0.497 e. The molecular weight excluding hydrogens is 552 g/mol. The van der Waals surface area contributed by atoms with E-state index in [1.165, 1.54) is 4.68 Å². The van der Waals surface area contributed by atoms with Gasteiger partial charge in [-0.25, -0.2) is 10.1 Å². The first kappa shape index (κ1) is 30.8. The Morgan fingerprint density at radius 3 is 1.88 bits per heavy atom. The number of H-pyrrole nitrogens is 1. The molecule has 3 aromatic carbocycles. The Kier molecular flexibility index (Phi) is 10.1. The molecule has 0 spiro atoms. The molecule has 2 N–H and O–H groups in total. The van der Waals surface area contributed by atoms with Crippen LogP contribution >= 0.6 is 0 Å². The second-order valence-electron chi connectivity index (χ2n) is 9.17. The number of carbonyl (C=O) groups is 1. The van der Waals surface area contributed by atoms with E-state index in [0.717, 1.165) is 5.56 Å². The summed E-state index contributed by atoms with van der Waals surface area (Å²) in [5, 5.41) is 7.52. The van der Waals surface area contributed by atoms with Gasteiger partial charge in [0.2, 0.25) is 5.75 Å². The van der Waals surface area contributed by atoms with E-state index in [-0.39, 0.29) is 16.7 Å². The summed E-state index contributed by atoms with van der Waals surface area (Å²) in [6.07, 6.45) is 0. The van der Waals surface area contributed by atoms with Crippen molar-refractivity contribution in [3.8, 4) is 45.7 Å². The maximum absolute atomic E-state index is 13.8. The Hall–Kier alpha value is -5.19. The SMILES string of the molecule is CCOc1cc(C(=O)N/N=C(\C)c2c(-c3ccc(OC)cc3)[nH]n(-c3ccc(OC)cc3)c2=O)cc(OCC)c1OCC. The summed E-state index contributed by atoms with van der Waals surface area (Å²) in [5.74, 6) is 2.02. The molecule has 43 heavy (non-hydrogen) atoms. The summed E-state index contributed by atoms with van der Waals surface area (Å²) in [5.41, 5.74) is 4.94. The Morgan fingerprint density at radius 1 is 0.837 bits per heavy atom. The fourth-order valence-electron chi connectivity index (χ4n) is 4.43. The number of ether oxygens (including phenoxy) is 5. The zero-order valence-corrected chi connectivity index (χ0v) is 25.1. The Labute approximate surface area is 250 Å². The van der Waals surface area contributed by atoms with Crippen molar-refractivity contribution in [3.63, 3.8) is 0 Å². The number of nitrogens with zero attached hydrogens (tertiary/aromatic N) is 2. The largest absolute Gasteiger partial charge is 0.497 e. The van der Waals surface area contributed by atoms with Gasteiger partial charge in [0.05, 0.1) is 56.7 Å². The lowest BCUT2D eigenvalue weighted by Crippen LogP contribution is -2.23. The molecule has 0 aliphatic carbocycles. The standard InChI is InChI=1S/C32H36N4O7/c1-7-41-26-18-22(19-27(42-8-2)30(26)43-9-3)31(37)34-33-20(4)28-29(21-10-14-24(39-5)15-11-21)35-36(32(28)38)23-12-16-25(40-6)17-13-23/h10-19,35H,7-9H2,1-6H3,(H,34,37)/b33-20+. The minimum absolute atomic E-state index is 0.256. The summed E-state index contributed by atoms with van der Waals surface area (Å²) in [6.45, 7) is 8.33. The molecule has 0 bridgehead atoms. The molecule has 0 unspecified atom stereocenters. The van der Waals surface area contributed by atoms with E-state index in [1.807, 2.05) is 32.9 Å². The van der Waals surface area contributed by atoms with Crippen LogP contribution in [0.2, 0.25) is 0 Å². The fourth-order valence-corrected chi connectivity index (χ4v) is 4.43. The van der Waals surface area contributed by atoms with Crippen molar-refractivity contribution >= 4 is 11.6 Å². The van der Waals surface area contributed by atoms with Crippen LogP contribution in [0, 0.1) is 0 Å². The quantitative estimate of drug-likeness (QED) is 0.162. The predicted molar refractivity (Wildman–Crippen MR) is 165 cm³/mol. The molecule has 4 aromatic rings. The summed E-state index contributed by atoms with van der Waals surface area (Å²) >= 11 is 0. The van der Waals surface area contributed by atoms with Gasteiger partial charge in [-0.1, -0.05) is 0 Å². The van der Waals surface area contributed by atoms with Gasteiger partial charge < -0.3 is 23.7 Å². The van der Waals surface area contributed by atoms with E-state index in [9.17, 15) is 9.59 Å². The van der Waals surface area contributed by atoms with Crippen LogP contribution in [0.3, 0.4) is 0 Å².